The molecule has 2 aromatic heterocycles. The molecule has 6 heteroatoms. The van der Waals surface area contributed by atoms with E-state index in [1.165, 1.54) is 10.5 Å². The number of carbonyl (C=O) groups is 1. The van der Waals surface area contributed by atoms with Gasteiger partial charge in [0.2, 0.25) is 0 Å². The second kappa shape index (κ2) is 7.59. The number of aromatic nitrogens is 2. The molecule has 0 spiro atoms. The number of carbonyl (C=O) groups excluding carboxylic acids is 1. The van der Waals surface area contributed by atoms with Gasteiger partial charge in [-0.1, -0.05) is 30.3 Å². The molecule has 0 unspecified atom stereocenters. The van der Waals surface area contributed by atoms with Crippen LogP contribution in [0.3, 0.4) is 0 Å². The second-order valence-corrected chi connectivity index (χ2v) is 6.72. The number of phenolic OH excluding ortho intramolecular Hbond substituents is 1. The normalized spacial score (nSPS) is 10.8. The summed E-state index contributed by atoms with van der Waals surface area (Å²) in [5, 5.41) is 9.37. The molecule has 0 aliphatic carbocycles. The van der Waals surface area contributed by atoms with Gasteiger partial charge in [-0.2, -0.15) is 0 Å². The third kappa shape index (κ3) is 4.01. The van der Waals surface area contributed by atoms with Crippen molar-refractivity contribution in [1.82, 2.24) is 9.38 Å². The van der Waals surface area contributed by atoms with Crippen LogP contribution < -0.4 is 5.56 Å². The van der Waals surface area contributed by atoms with Crippen LogP contribution in [0.5, 0.6) is 5.75 Å². The zero-order chi connectivity index (χ0) is 20.4. The minimum absolute atomic E-state index is 0.0852. The van der Waals surface area contributed by atoms with E-state index in [-0.39, 0.29) is 17.9 Å². The van der Waals surface area contributed by atoms with E-state index >= 15 is 0 Å². The number of aryl methyl sites for hydroxylation is 1. The highest BCUT2D eigenvalue weighted by Gasteiger charge is 2.10. The number of esters is 1. The lowest BCUT2D eigenvalue weighted by atomic mass is 10.0. The Balaban J connectivity index is 1.47. The highest BCUT2D eigenvalue weighted by molar-refractivity contribution is 5.90. The summed E-state index contributed by atoms with van der Waals surface area (Å²) in [6.45, 7) is 1.81. The maximum atomic E-state index is 12.3. The Labute approximate surface area is 166 Å². The highest BCUT2D eigenvalue weighted by atomic mass is 16.5. The average molecular weight is 386 g/mol. The molecule has 6 nitrogen and oxygen atoms in total. The molecule has 0 amide bonds. The number of hydrogen-bond acceptors (Lipinski definition) is 5. The van der Waals surface area contributed by atoms with E-state index in [1.807, 2.05) is 25.1 Å². The molecule has 1 N–H and O–H groups in total. The molecule has 0 saturated heterocycles. The van der Waals surface area contributed by atoms with Crippen LogP contribution in [0, 0.1) is 6.92 Å². The smallest absolute Gasteiger partial charge is 0.338 e. The highest BCUT2D eigenvalue weighted by Crippen LogP contribution is 2.22. The summed E-state index contributed by atoms with van der Waals surface area (Å²) < 4.78 is 6.78. The number of benzene rings is 2. The van der Waals surface area contributed by atoms with Gasteiger partial charge in [-0.25, -0.2) is 9.78 Å². The van der Waals surface area contributed by atoms with E-state index in [4.69, 9.17) is 4.74 Å². The van der Waals surface area contributed by atoms with Gasteiger partial charge >= 0.3 is 5.97 Å². The molecule has 0 radical (unpaired) electrons. The Morgan fingerprint density at radius 3 is 2.34 bits per heavy atom. The van der Waals surface area contributed by atoms with Crippen molar-refractivity contribution in [3.05, 3.63) is 100 Å². The fraction of sp³-hybridized carbons (Fsp3) is 0.0870. The SMILES string of the molecule is Cc1ccc2nc(COC(=O)c3ccc(-c4ccc(O)cc4)cc3)cc(=O)n2c1. The van der Waals surface area contributed by atoms with Gasteiger partial charge in [-0.3, -0.25) is 9.20 Å². The number of pyridine rings is 1. The Morgan fingerprint density at radius 1 is 1.00 bits per heavy atom. The molecule has 4 rings (SSSR count). The lowest BCUT2D eigenvalue weighted by molar-refractivity contribution is 0.0467. The number of fused-ring (bicyclic) bond motifs is 1. The van der Waals surface area contributed by atoms with E-state index in [1.54, 1.807) is 48.7 Å². The van der Waals surface area contributed by atoms with Crippen molar-refractivity contribution in [2.45, 2.75) is 13.5 Å². The first-order valence-electron chi connectivity index (χ1n) is 9.05. The summed E-state index contributed by atoms with van der Waals surface area (Å²) in [6.07, 6.45) is 1.72. The molecular weight excluding hydrogens is 368 g/mol. The number of ether oxygens (including phenoxy) is 1. The molecule has 0 fully saturated rings. The standard InChI is InChI=1S/C23H18N2O4/c1-15-2-11-21-24-19(12-22(27)25(21)13-15)14-29-23(28)18-5-3-16(4-6-18)17-7-9-20(26)10-8-17/h2-13,26H,14H2,1H3. The number of nitrogens with zero attached hydrogens (tertiary/aromatic N) is 2. The number of hydrogen-bond donors (Lipinski definition) is 1. The van der Waals surface area contributed by atoms with Crippen molar-refractivity contribution in [2.24, 2.45) is 0 Å². The predicted molar refractivity (Wildman–Crippen MR) is 109 cm³/mol. The largest absolute Gasteiger partial charge is 0.508 e. The second-order valence-electron chi connectivity index (χ2n) is 6.72. The molecular formula is C23H18N2O4. The first-order chi connectivity index (χ1) is 14.0. The van der Waals surface area contributed by atoms with Crippen LogP contribution in [0.2, 0.25) is 0 Å². The van der Waals surface area contributed by atoms with Gasteiger partial charge in [0.15, 0.2) is 0 Å². The summed E-state index contributed by atoms with van der Waals surface area (Å²) >= 11 is 0. The number of phenols is 1. The summed E-state index contributed by atoms with van der Waals surface area (Å²) in [5.41, 5.74) is 3.89. The van der Waals surface area contributed by atoms with Gasteiger partial charge < -0.3 is 9.84 Å². The van der Waals surface area contributed by atoms with Gasteiger partial charge in [-0.15, -0.1) is 0 Å². The summed E-state index contributed by atoms with van der Waals surface area (Å²) in [7, 11) is 0. The van der Waals surface area contributed by atoms with Crippen LogP contribution >= 0.6 is 0 Å². The number of rotatable bonds is 4. The number of aromatic hydroxyl groups is 1. The average Bonchev–Trinajstić information content (AvgIpc) is 2.73. The van der Waals surface area contributed by atoms with Crippen LogP contribution in [0.4, 0.5) is 0 Å². The topological polar surface area (TPSA) is 80.9 Å². The molecule has 0 aliphatic heterocycles. The lowest BCUT2D eigenvalue weighted by Crippen LogP contribution is -2.16. The Kier molecular flexibility index (Phi) is 4.83. The van der Waals surface area contributed by atoms with Crippen LogP contribution in [0.15, 0.2) is 77.7 Å². The Hall–Kier alpha value is -3.93. The van der Waals surface area contributed by atoms with Crippen molar-refractivity contribution in [3.8, 4) is 16.9 Å². The van der Waals surface area contributed by atoms with Gasteiger partial charge in [-0.05, 0) is 53.9 Å². The maximum absolute atomic E-state index is 12.3. The Morgan fingerprint density at radius 2 is 1.66 bits per heavy atom. The molecule has 144 valence electrons. The van der Waals surface area contributed by atoms with Crippen LogP contribution in [-0.2, 0) is 11.3 Å². The molecule has 0 bridgehead atoms. The molecule has 4 aromatic rings. The zero-order valence-corrected chi connectivity index (χ0v) is 15.7. The fourth-order valence-corrected chi connectivity index (χ4v) is 3.01. The van der Waals surface area contributed by atoms with E-state index in [2.05, 4.69) is 4.98 Å². The summed E-state index contributed by atoms with van der Waals surface area (Å²) in [5.74, 6) is -0.292. The first kappa shape index (κ1) is 18.4. The van der Waals surface area contributed by atoms with Gasteiger partial charge in [0.25, 0.3) is 5.56 Å². The van der Waals surface area contributed by atoms with E-state index in [0.717, 1.165) is 16.7 Å². The molecule has 2 aromatic carbocycles. The van der Waals surface area contributed by atoms with Gasteiger partial charge in [0, 0.05) is 12.3 Å². The molecule has 2 heterocycles. The van der Waals surface area contributed by atoms with Gasteiger partial charge in [0.05, 0.1) is 11.3 Å². The van der Waals surface area contributed by atoms with Crippen molar-refractivity contribution >= 4 is 11.6 Å². The van der Waals surface area contributed by atoms with Crippen LogP contribution in [0.1, 0.15) is 21.6 Å². The maximum Gasteiger partial charge on any atom is 0.338 e. The Bertz CT molecular complexity index is 1240. The molecule has 0 aliphatic rings. The summed E-state index contributed by atoms with van der Waals surface area (Å²) in [4.78, 5) is 28.9. The van der Waals surface area contributed by atoms with E-state index < -0.39 is 5.97 Å². The molecule has 29 heavy (non-hydrogen) atoms. The fourth-order valence-electron chi connectivity index (χ4n) is 3.01. The third-order valence-corrected chi connectivity index (χ3v) is 4.53. The lowest BCUT2D eigenvalue weighted by Gasteiger charge is -2.07. The third-order valence-electron chi connectivity index (χ3n) is 4.53. The van der Waals surface area contributed by atoms with Crippen LogP contribution in [-0.4, -0.2) is 20.5 Å². The van der Waals surface area contributed by atoms with E-state index in [9.17, 15) is 14.7 Å². The predicted octanol–water partition coefficient (Wildman–Crippen LogP) is 3.73. The van der Waals surface area contributed by atoms with Crippen molar-refractivity contribution in [2.75, 3.05) is 0 Å². The van der Waals surface area contributed by atoms with Crippen molar-refractivity contribution < 1.29 is 14.6 Å². The van der Waals surface area contributed by atoms with Gasteiger partial charge in [0.1, 0.15) is 18.0 Å². The first-order valence-corrected chi connectivity index (χ1v) is 9.05. The molecule has 0 saturated carbocycles. The molecule has 0 atom stereocenters. The minimum atomic E-state index is -0.492. The van der Waals surface area contributed by atoms with E-state index in [0.29, 0.717) is 16.9 Å². The minimum Gasteiger partial charge on any atom is -0.508 e. The summed E-state index contributed by atoms with van der Waals surface area (Å²) in [6, 6.07) is 18.8. The quantitative estimate of drug-likeness (QED) is 0.541. The van der Waals surface area contributed by atoms with Crippen LogP contribution in [0.25, 0.3) is 16.8 Å². The monoisotopic (exact) mass is 386 g/mol. The van der Waals surface area contributed by atoms with Crippen molar-refractivity contribution in [1.29, 1.82) is 0 Å². The van der Waals surface area contributed by atoms with Crippen molar-refractivity contribution in [3.63, 3.8) is 0 Å². The zero-order valence-electron chi connectivity index (χ0n) is 15.7.